The fourth-order valence-corrected chi connectivity index (χ4v) is 2.73. The average Bonchev–Trinajstić information content (AvgIpc) is 2.97. The Morgan fingerprint density at radius 3 is 2.64 bits per heavy atom. The van der Waals surface area contributed by atoms with Gasteiger partial charge in [0.05, 0.1) is 0 Å². The van der Waals surface area contributed by atoms with Crippen molar-refractivity contribution in [3.63, 3.8) is 0 Å². The fourth-order valence-electron chi connectivity index (χ4n) is 2.73. The summed E-state index contributed by atoms with van der Waals surface area (Å²) in [7, 11) is 0. The van der Waals surface area contributed by atoms with E-state index in [4.69, 9.17) is 0 Å². The summed E-state index contributed by atoms with van der Waals surface area (Å²) in [6.45, 7) is 2.92. The van der Waals surface area contributed by atoms with Gasteiger partial charge in [0, 0.05) is 18.8 Å². The van der Waals surface area contributed by atoms with Gasteiger partial charge in [0.1, 0.15) is 0 Å². The molecule has 0 atom stereocenters. The lowest BCUT2D eigenvalue weighted by atomic mass is 10.1. The maximum absolute atomic E-state index is 12.3. The van der Waals surface area contributed by atoms with Crippen molar-refractivity contribution >= 4 is 17.5 Å². The van der Waals surface area contributed by atoms with Crippen LogP contribution in [-0.4, -0.2) is 18.4 Å². The Morgan fingerprint density at radius 1 is 1.09 bits per heavy atom. The molecule has 1 aliphatic rings. The van der Waals surface area contributed by atoms with Crippen LogP contribution < -0.4 is 10.2 Å². The summed E-state index contributed by atoms with van der Waals surface area (Å²) < 4.78 is 0. The van der Waals surface area contributed by atoms with E-state index in [1.807, 2.05) is 55.5 Å². The Balaban J connectivity index is 1.66. The third-order valence-electron chi connectivity index (χ3n) is 4.03. The minimum Gasteiger partial charge on any atom is -0.344 e. The summed E-state index contributed by atoms with van der Waals surface area (Å²) in [6.07, 6.45) is 0.799. The number of anilines is 1. The Bertz CT molecular complexity index is 725. The van der Waals surface area contributed by atoms with E-state index in [2.05, 4.69) is 5.32 Å². The van der Waals surface area contributed by atoms with Crippen LogP contribution in [0.5, 0.6) is 0 Å². The molecule has 112 valence electrons. The van der Waals surface area contributed by atoms with E-state index in [0.29, 0.717) is 13.1 Å². The second-order valence-electron chi connectivity index (χ2n) is 5.44. The predicted molar refractivity (Wildman–Crippen MR) is 85.5 cm³/mol. The number of rotatable bonds is 2. The zero-order chi connectivity index (χ0) is 15.5. The first-order valence-corrected chi connectivity index (χ1v) is 7.39. The monoisotopic (exact) mass is 294 g/mol. The molecule has 2 aromatic rings. The van der Waals surface area contributed by atoms with Crippen LogP contribution in [0.1, 0.15) is 16.7 Å². The van der Waals surface area contributed by atoms with Crippen LogP contribution in [0.15, 0.2) is 48.5 Å². The molecule has 0 spiro atoms. The number of fused-ring (bicyclic) bond motifs is 1. The molecule has 0 radical (unpaired) electrons. The lowest BCUT2D eigenvalue weighted by Crippen LogP contribution is -2.42. The van der Waals surface area contributed by atoms with E-state index >= 15 is 0 Å². The van der Waals surface area contributed by atoms with Crippen molar-refractivity contribution in [2.75, 3.05) is 11.4 Å². The molecule has 1 aliphatic heterocycles. The predicted octanol–water partition coefficient (Wildman–Crippen LogP) is 2.20. The van der Waals surface area contributed by atoms with E-state index in [0.717, 1.165) is 28.8 Å². The number of para-hydroxylation sites is 1. The summed E-state index contributed by atoms with van der Waals surface area (Å²) >= 11 is 0. The molecule has 0 saturated carbocycles. The summed E-state index contributed by atoms with van der Waals surface area (Å²) in [5.74, 6) is -1.04. The molecule has 0 aliphatic carbocycles. The van der Waals surface area contributed by atoms with Gasteiger partial charge in [-0.1, -0.05) is 42.5 Å². The highest BCUT2D eigenvalue weighted by Crippen LogP contribution is 2.27. The van der Waals surface area contributed by atoms with E-state index in [9.17, 15) is 9.59 Å². The number of carbonyl (C=O) groups excluding carboxylic acids is 2. The molecule has 0 fully saturated rings. The molecule has 22 heavy (non-hydrogen) atoms. The number of aryl methyl sites for hydroxylation is 1. The van der Waals surface area contributed by atoms with Crippen molar-refractivity contribution in [2.45, 2.75) is 19.9 Å². The number of nitrogens with one attached hydrogen (secondary N) is 1. The number of nitrogens with zero attached hydrogens (tertiary/aromatic N) is 1. The van der Waals surface area contributed by atoms with Gasteiger partial charge in [0.25, 0.3) is 0 Å². The molecule has 2 amide bonds. The number of benzene rings is 2. The Morgan fingerprint density at radius 2 is 1.82 bits per heavy atom. The van der Waals surface area contributed by atoms with Crippen molar-refractivity contribution in [1.29, 1.82) is 0 Å². The molecule has 1 heterocycles. The topological polar surface area (TPSA) is 49.4 Å². The second-order valence-corrected chi connectivity index (χ2v) is 5.44. The van der Waals surface area contributed by atoms with Crippen LogP contribution in [-0.2, 0) is 22.6 Å². The second kappa shape index (κ2) is 6.02. The minimum absolute atomic E-state index is 0.368. The molecule has 0 saturated heterocycles. The Labute approximate surface area is 129 Å². The average molecular weight is 294 g/mol. The highest BCUT2D eigenvalue weighted by molar-refractivity contribution is 6.40. The van der Waals surface area contributed by atoms with Crippen LogP contribution in [0, 0.1) is 6.92 Å². The summed E-state index contributed by atoms with van der Waals surface area (Å²) in [5, 5.41) is 2.72. The van der Waals surface area contributed by atoms with E-state index in [1.54, 1.807) is 4.90 Å². The summed E-state index contributed by atoms with van der Waals surface area (Å²) in [5.41, 5.74) is 4.08. The van der Waals surface area contributed by atoms with Gasteiger partial charge < -0.3 is 10.2 Å². The lowest BCUT2D eigenvalue weighted by Gasteiger charge is -2.17. The number of carbonyl (C=O) groups is 2. The maximum Gasteiger partial charge on any atom is 0.316 e. The standard InChI is InChI=1S/C18H18N2O2/c1-13-6-2-3-8-15(13)12-19-17(21)18(22)20-11-10-14-7-4-5-9-16(14)20/h2-9H,10-12H2,1H3,(H,19,21). The largest absolute Gasteiger partial charge is 0.344 e. The zero-order valence-corrected chi connectivity index (χ0v) is 12.5. The normalized spacial score (nSPS) is 12.9. The molecule has 0 unspecified atom stereocenters. The Hall–Kier alpha value is -2.62. The van der Waals surface area contributed by atoms with Crippen LogP contribution >= 0.6 is 0 Å². The van der Waals surface area contributed by atoms with Crippen LogP contribution in [0.2, 0.25) is 0 Å². The van der Waals surface area contributed by atoms with Gasteiger partial charge in [-0.2, -0.15) is 0 Å². The van der Waals surface area contributed by atoms with Crippen LogP contribution in [0.3, 0.4) is 0 Å². The molecule has 1 N–H and O–H groups in total. The lowest BCUT2D eigenvalue weighted by molar-refractivity contribution is -0.137. The van der Waals surface area contributed by atoms with E-state index in [1.165, 1.54) is 0 Å². The van der Waals surface area contributed by atoms with Crippen molar-refractivity contribution in [3.8, 4) is 0 Å². The Kier molecular flexibility index (Phi) is 3.92. The third kappa shape index (κ3) is 2.72. The van der Waals surface area contributed by atoms with Crippen molar-refractivity contribution < 1.29 is 9.59 Å². The number of amides is 2. The third-order valence-corrected chi connectivity index (χ3v) is 4.03. The minimum atomic E-state index is -0.556. The SMILES string of the molecule is Cc1ccccc1CNC(=O)C(=O)N1CCc2ccccc21. The summed E-state index contributed by atoms with van der Waals surface area (Å²) in [4.78, 5) is 26.0. The highest BCUT2D eigenvalue weighted by atomic mass is 16.2. The van der Waals surface area contributed by atoms with Gasteiger partial charge in [-0.05, 0) is 36.1 Å². The number of hydrogen-bond acceptors (Lipinski definition) is 2. The fraction of sp³-hybridized carbons (Fsp3) is 0.222. The van der Waals surface area contributed by atoms with Gasteiger partial charge in [-0.15, -0.1) is 0 Å². The van der Waals surface area contributed by atoms with Crippen molar-refractivity contribution in [3.05, 3.63) is 65.2 Å². The molecule has 2 aromatic carbocycles. The van der Waals surface area contributed by atoms with Crippen molar-refractivity contribution in [2.24, 2.45) is 0 Å². The molecule has 0 aromatic heterocycles. The quantitative estimate of drug-likeness (QED) is 0.863. The first kappa shape index (κ1) is 14.3. The first-order valence-electron chi connectivity index (χ1n) is 7.39. The molecule has 3 rings (SSSR count). The molecular weight excluding hydrogens is 276 g/mol. The van der Waals surface area contributed by atoms with Gasteiger partial charge in [-0.25, -0.2) is 0 Å². The van der Waals surface area contributed by atoms with E-state index in [-0.39, 0.29) is 0 Å². The van der Waals surface area contributed by atoms with Crippen LogP contribution in [0.25, 0.3) is 0 Å². The summed E-state index contributed by atoms with van der Waals surface area (Å²) in [6, 6.07) is 15.5. The molecule has 4 nitrogen and oxygen atoms in total. The molecular formula is C18H18N2O2. The molecule has 0 bridgehead atoms. The highest BCUT2D eigenvalue weighted by Gasteiger charge is 2.28. The van der Waals surface area contributed by atoms with Gasteiger partial charge >= 0.3 is 11.8 Å². The smallest absolute Gasteiger partial charge is 0.316 e. The zero-order valence-electron chi connectivity index (χ0n) is 12.5. The van der Waals surface area contributed by atoms with Gasteiger partial charge in [0.15, 0.2) is 0 Å². The molecule has 4 heteroatoms. The van der Waals surface area contributed by atoms with Crippen LogP contribution in [0.4, 0.5) is 5.69 Å². The number of hydrogen-bond donors (Lipinski definition) is 1. The van der Waals surface area contributed by atoms with Gasteiger partial charge in [0.2, 0.25) is 0 Å². The van der Waals surface area contributed by atoms with Gasteiger partial charge in [-0.3, -0.25) is 9.59 Å². The first-order chi connectivity index (χ1) is 10.7. The maximum atomic E-state index is 12.3. The van der Waals surface area contributed by atoms with E-state index < -0.39 is 11.8 Å². The van der Waals surface area contributed by atoms with Crippen molar-refractivity contribution in [1.82, 2.24) is 5.32 Å².